The highest BCUT2D eigenvalue weighted by molar-refractivity contribution is 5.81. The van der Waals surface area contributed by atoms with E-state index < -0.39 is 0 Å². The van der Waals surface area contributed by atoms with Crippen LogP contribution in [0.15, 0.2) is 53.1 Å². The molecule has 0 radical (unpaired) electrons. The summed E-state index contributed by atoms with van der Waals surface area (Å²) in [6.07, 6.45) is 2.11. The number of fused-ring (bicyclic) bond motifs is 1. The van der Waals surface area contributed by atoms with Crippen LogP contribution < -0.4 is 0 Å². The van der Waals surface area contributed by atoms with E-state index in [1.54, 1.807) is 11.2 Å². The molecule has 0 atom stereocenters. The van der Waals surface area contributed by atoms with Crippen molar-refractivity contribution in [2.75, 3.05) is 7.05 Å². The van der Waals surface area contributed by atoms with Gasteiger partial charge < -0.3 is 13.9 Å². The molecule has 3 rings (SSSR count). The van der Waals surface area contributed by atoms with Gasteiger partial charge in [0.05, 0.1) is 12.8 Å². The van der Waals surface area contributed by atoms with Crippen LogP contribution in [0.1, 0.15) is 17.9 Å². The number of hydrogen-bond acceptors (Lipinski definition) is 2. The summed E-state index contributed by atoms with van der Waals surface area (Å²) >= 11 is 0. The first-order chi connectivity index (χ1) is 10.6. The number of rotatable bonds is 5. The minimum atomic E-state index is 0.119. The van der Waals surface area contributed by atoms with Gasteiger partial charge in [0, 0.05) is 31.2 Å². The minimum absolute atomic E-state index is 0.119. The second-order valence-corrected chi connectivity index (χ2v) is 5.58. The highest BCUT2D eigenvalue weighted by atomic mass is 16.3. The van der Waals surface area contributed by atoms with E-state index in [1.165, 1.54) is 16.6 Å². The number of carbonyl (C=O) groups is 1. The maximum absolute atomic E-state index is 12.3. The molecule has 0 bridgehead atoms. The number of aryl methyl sites for hydroxylation is 2. The van der Waals surface area contributed by atoms with Crippen molar-refractivity contribution >= 4 is 16.8 Å². The van der Waals surface area contributed by atoms with Crippen LogP contribution in [-0.2, 0) is 17.9 Å². The fraction of sp³-hybridized carbons (Fsp3) is 0.278. The van der Waals surface area contributed by atoms with Crippen molar-refractivity contribution in [3.63, 3.8) is 0 Å². The molecule has 114 valence electrons. The molecular weight excluding hydrogens is 276 g/mol. The van der Waals surface area contributed by atoms with Crippen LogP contribution in [0.2, 0.25) is 0 Å². The average Bonchev–Trinajstić information content (AvgIpc) is 3.12. The molecule has 2 aromatic heterocycles. The summed E-state index contributed by atoms with van der Waals surface area (Å²) in [4.78, 5) is 14.0. The smallest absolute Gasteiger partial charge is 0.224 e. The monoisotopic (exact) mass is 296 g/mol. The Morgan fingerprint density at radius 1 is 1.23 bits per heavy atom. The van der Waals surface area contributed by atoms with Gasteiger partial charge in [0.25, 0.3) is 0 Å². The second-order valence-electron chi connectivity index (χ2n) is 5.58. The van der Waals surface area contributed by atoms with E-state index >= 15 is 0 Å². The predicted molar refractivity (Wildman–Crippen MR) is 86.5 cm³/mol. The van der Waals surface area contributed by atoms with Crippen LogP contribution in [-0.4, -0.2) is 22.4 Å². The average molecular weight is 296 g/mol. The molecule has 0 unspecified atom stereocenters. The van der Waals surface area contributed by atoms with Gasteiger partial charge in [0.15, 0.2) is 0 Å². The maximum Gasteiger partial charge on any atom is 0.224 e. The molecule has 0 spiro atoms. The zero-order valence-corrected chi connectivity index (χ0v) is 13.0. The van der Waals surface area contributed by atoms with Crippen LogP contribution in [0.3, 0.4) is 0 Å². The largest absolute Gasteiger partial charge is 0.467 e. The maximum atomic E-state index is 12.3. The molecule has 4 nitrogen and oxygen atoms in total. The van der Waals surface area contributed by atoms with Gasteiger partial charge in [-0.2, -0.15) is 0 Å². The molecule has 0 aliphatic heterocycles. The molecule has 0 N–H and O–H groups in total. The minimum Gasteiger partial charge on any atom is -0.467 e. The van der Waals surface area contributed by atoms with Crippen molar-refractivity contribution < 1.29 is 9.21 Å². The van der Waals surface area contributed by atoms with Gasteiger partial charge in [-0.1, -0.05) is 18.2 Å². The molecule has 3 aromatic rings. The highest BCUT2D eigenvalue weighted by Crippen LogP contribution is 2.19. The van der Waals surface area contributed by atoms with Crippen LogP contribution in [0, 0.1) is 6.92 Å². The fourth-order valence-corrected chi connectivity index (χ4v) is 2.77. The molecule has 22 heavy (non-hydrogen) atoms. The van der Waals surface area contributed by atoms with Gasteiger partial charge in [-0.05, 0) is 36.6 Å². The summed E-state index contributed by atoms with van der Waals surface area (Å²) in [5.74, 6) is 0.923. The number of nitrogens with zero attached hydrogens (tertiary/aromatic N) is 2. The van der Waals surface area contributed by atoms with E-state index in [4.69, 9.17) is 4.42 Å². The van der Waals surface area contributed by atoms with Crippen molar-refractivity contribution in [2.24, 2.45) is 0 Å². The third-order valence-corrected chi connectivity index (χ3v) is 3.97. The van der Waals surface area contributed by atoms with Crippen LogP contribution in [0.25, 0.3) is 10.9 Å². The summed E-state index contributed by atoms with van der Waals surface area (Å²) in [6.45, 7) is 3.29. The standard InChI is InChI=1S/C18H20N2O2/c1-14-12-15-6-3-4-8-17(15)20(14)10-9-18(21)19(2)13-16-7-5-11-22-16/h3-8,11-12H,9-10,13H2,1-2H3. The third kappa shape index (κ3) is 2.91. The van der Waals surface area contributed by atoms with Crippen LogP contribution >= 0.6 is 0 Å². The summed E-state index contributed by atoms with van der Waals surface area (Å²) < 4.78 is 7.48. The lowest BCUT2D eigenvalue weighted by atomic mass is 10.2. The van der Waals surface area contributed by atoms with Gasteiger partial charge in [-0.25, -0.2) is 0 Å². The van der Waals surface area contributed by atoms with Gasteiger partial charge >= 0.3 is 0 Å². The zero-order valence-electron chi connectivity index (χ0n) is 13.0. The quantitative estimate of drug-likeness (QED) is 0.721. The van der Waals surface area contributed by atoms with E-state index in [2.05, 4.69) is 29.7 Å². The Hall–Kier alpha value is -2.49. The first-order valence-electron chi connectivity index (χ1n) is 7.46. The first kappa shape index (κ1) is 14.4. The SMILES string of the molecule is Cc1cc2ccccc2n1CCC(=O)N(C)Cc1ccco1. The molecule has 1 amide bonds. The summed E-state index contributed by atoms with van der Waals surface area (Å²) in [7, 11) is 1.81. The molecule has 4 heteroatoms. The molecule has 1 aromatic carbocycles. The molecule has 2 heterocycles. The molecule has 0 saturated heterocycles. The van der Waals surface area contributed by atoms with E-state index in [1.807, 2.05) is 31.3 Å². The number of hydrogen-bond donors (Lipinski definition) is 0. The summed E-state index contributed by atoms with van der Waals surface area (Å²) in [5, 5.41) is 1.22. The number of amides is 1. The lowest BCUT2D eigenvalue weighted by Gasteiger charge is -2.16. The fourth-order valence-electron chi connectivity index (χ4n) is 2.77. The Kier molecular flexibility index (Phi) is 4.00. The summed E-state index contributed by atoms with van der Waals surface area (Å²) in [5.41, 5.74) is 2.36. The topological polar surface area (TPSA) is 38.4 Å². The van der Waals surface area contributed by atoms with Crippen molar-refractivity contribution in [1.29, 1.82) is 0 Å². The Morgan fingerprint density at radius 2 is 2.05 bits per heavy atom. The van der Waals surface area contributed by atoms with E-state index in [9.17, 15) is 4.79 Å². The molecule has 0 aliphatic carbocycles. The van der Waals surface area contributed by atoms with E-state index in [0.717, 1.165) is 5.76 Å². The molecule has 0 aliphatic rings. The Bertz CT molecular complexity index is 772. The number of furan rings is 1. The molecule has 0 saturated carbocycles. The van der Waals surface area contributed by atoms with Crippen molar-refractivity contribution in [3.8, 4) is 0 Å². The van der Waals surface area contributed by atoms with Gasteiger partial charge in [0.1, 0.15) is 5.76 Å². The Balaban J connectivity index is 1.66. The lowest BCUT2D eigenvalue weighted by molar-refractivity contribution is -0.130. The van der Waals surface area contributed by atoms with Crippen LogP contribution in [0.4, 0.5) is 0 Å². The lowest BCUT2D eigenvalue weighted by Crippen LogP contribution is -2.27. The number of carbonyl (C=O) groups excluding carboxylic acids is 1. The Labute approximate surface area is 129 Å². The Morgan fingerprint density at radius 3 is 2.82 bits per heavy atom. The number of para-hydroxylation sites is 1. The molecular formula is C18H20N2O2. The third-order valence-electron chi connectivity index (χ3n) is 3.97. The van der Waals surface area contributed by atoms with Crippen molar-refractivity contribution in [3.05, 3.63) is 60.2 Å². The predicted octanol–water partition coefficient (Wildman–Crippen LogP) is 3.59. The highest BCUT2D eigenvalue weighted by Gasteiger charge is 2.12. The zero-order chi connectivity index (χ0) is 15.5. The van der Waals surface area contributed by atoms with Crippen molar-refractivity contribution in [2.45, 2.75) is 26.4 Å². The number of aromatic nitrogens is 1. The second kappa shape index (κ2) is 6.10. The van der Waals surface area contributed by atoms with Gasteiger partial charge in [-0.15, -0.1) is 0 Å². The number of benzene rings is 1. The van der Waals surface area contributed by atoms with Gasteiger partial charge in [0.2, 0.25) is 5.91 Å². The van der Waals surface area contributed by atoms with Crippen LogP contribution in [0.5, 0.6) is 0 Å². The van der Waals surface area contributed by atoms with Gasteiger partial charge in [-0.3, -0.25) is 4.79 Å². The van der Waals surface area contributed by atoms with E-state index in [-0.39, 0.29) is 5.91 Å². The van der Waals surface area contributed by atoms with Crippen molar-refractivity contribution in [1.82, 2.24) is 9.47 Å². The van der Waals surface area contributed by atoms with E-state index in [0.29, 0.717) is 19.5 Å². The first-order valence-corrected chi connectivity index (χ1v) is 7.46. The molecule has 0 fully saturated rings. The summed E-state index contributed by atoms with van der Waals surface area (Å²) in [6, 6.07) is 14.1. The normalized spacial score (nSPS) is 11.0.